The van der Waals surface area contributed by atoms with Crippen LogP contribution in [-0.2, 0) is 28.5 Å². The molecule has 10 atom stereocenters. The van der Waals surface area contributed by atoms with Gasteiger partial charge in [0.2, 0.25) is 6.10 Å². The van der Waals surface area contributed by atoms with Crippen LogP contribution in [0.4, 0.5) is 0 Å². The Morgan fingerprint density at radius 3 is 2.58 bits per heavy atom. The number of aliphatic hydroxyl groups is 1. The SMILES string of the molecule is COC1/C(C)=C/CC2CC(CC3(CC=C(C)C(C)O3)O2)OC(=O)C2C=C(C)C([OH2+])C3OC/C(=C\C=C\C1C)C23O. The van der Waals surface area contributed by atoms with Gasteiger partial charge in [0.05, 0.1) is 24.9 Å². The predicted molar refractivity (Wildman–Crippen MR) is 151 cm³/mol. The summed E-state index contributed by atoms with van der Waals surface area (Å²) in [5, 5.41) is 20.8. The number of ether oxygens (including phenoxy) is 5. The standard InChI is InChI=1S/C32H44O8/c1-18-12-13-31(39-22(18)5)16-25-15-24(40-31)11-10-20(3)28(36-6)19(2)8-7-9-23-17-37-29-27(33)21(4)14-26(30(34)38-25)32(23,29)35/h7-10,12,14,19,22,24-29,33,35H,11,13,15-17H2,1-6H3/p+1/b8-7+,20-10+,23-9+. The summed E-state index contributed by atoms with van der Waals surface area (Å²) in [6.07, 6.45) is 11.3. The van der Waals surface area contributed by atoms with Crippen molar-refractivity contribution in [1.82, 2.24) is 0 Å². The second kappa shape index (κ2) is 11.3. The van der Waals surface area contributed by atoms with Crippen molar-refractivity contribution in [3.8, 4) is 0 Å². The number of rotatable bonds is 1. The summed E-state index contributed by atoms with van der Waals surface area (Å²) >= 11 is 0. The first-order valence-electron chi connectivity index (χ1n) is 14.5. The number of esters is 1. The highest BCUT2D eigenvalue weighted by Gasteiger charge is 2.61. The second-order valence-electron chi connectivity index (χ2n) is 12.3. The monoisotopic (exact) mass is 557 g/mol. The van der Waals surface area contributed by atoms with Crippen molar-refractivity contribution in [3.63, 3.8) is 0 Å². The van der Waals surface area contributed by atoms with Gasteiger partial charge in [0.25, 0.3) is 0 Å². The first kappa shape index (κ1) is 29.4. The van der Waals surface area contributed by atoms with Crippen molar-refractivity contribution in [2.45, 2.75) is 108 Å². The average molecular weight is 558 g/mol. The largest absolute Gasteiger partial charge is 0.462 e. The van der Waals surface area contributed by atoms with Crippen LogP contribution in [0.2, 0.25) is 0 Å². The first-order chi connectivity index (χ1) is 19.0. The van der Waals surface area contributed by atoms with Crippen LogP contribution in [0.5, 0.6) is 0 Å². The number of hydrogen-bond donors (Lipinski definition) is 1. The van der Waals surface area contributed by atoms with Crippen molar-refractivity contribution >= 4 is 5.97 Å². The molecule has 10 unspecified atom stereocenters. The van der Waals surface area contributed by atoms with Crippen LogP contribution >= 0.6 is 0 Å². The summed E-state index contributed by atoms with van der Waals surface area (Å²) in [7, 11) is 1.71. The van der Waals surface area contributed by atoms with E-state index in [1.807, 2.05) is 25.2 Å². The highest BCUT2D eigenvalue weighted by Crippen LogP contribution is 2.46. The van der Waals surface area contributed by atoms with E-state index in [1.54, 1.807) is 20.1 Å². The Bertz CT molecular complexity index is 1150. The van der Waals surface area contributed by atoms with Crippen molar-refractivity contribution in [3.05, 3.63) is 58.7 Å². The molecule has 0 amide bonds. The molecule has 1 spiro atoms. The zero-order valence-corrected chi connectivity index (χ0v) is 24.5. The van der Waals surface area contributed by atoms with E-state index in [1.165, 1.54) is 0 Å². The number of carbonyl (C=O) groups is 1. The van der Waals surface area contributed by atoms with E-state index < -0.39 is 41.6 Å². The molecule has 5 aliphatic rings. The summed E-state index contributed by atoms with van der Waals surface area (Å²) in [5.41, 5.74) is 1.84. The summed E-state index contributed by atoms with van der Waals surface area (Å²) in [4.78, 5) is 13.9. The maximum absolute atomic E-state index is 13.9. The van der Waals surface area contributed by atoms with Crippen LogP contribution in [0.3, 0.4) is 0 Å². The van der Waals surface area contributed by atoms with Gasteiger partial charge >= 0.3 is 5.97 Å². The fourth-order valence-electron chi connectivity index (χ4n) is 6.94. The fraction of sp³-hybridized carbons (Fsp3) is 0.656. The van der Waals surface area contributed by atoms with Gasteiger partial charge in [-0.1, -0.05) is 43.4 Å². The zero-order valence-electron chi connectivity index (χ0n) is 24.5. The third-order valence-corrected chi connectivity index (χ3v) is 9.41. The molecular weight excluding hydrogens is 512 g/mol. The molecule has 4 aliphatic heterocycles. The Balaban J connectivity index is 1.56. The molecule has 5 rings (SSSR count). The third-order valence-electron chi connectivity index (χ3n) is 9.41. The molecule has 1 aliphatic carbocycles. The quantitative estimate of drug-likeness (QED) is 0.297. The van der Waals surface area contributed by atoms with E-state index in [2.05, 4.69) is 32.9 Å². The average Bonchev–Trinajstić information content (AvgIpc) is 3.24. The summed E-state index contributed by atoms with van der Waals surface area (Å²) in [5.74, 6) is -2.32. The van der Waals surface area contributed by atoms with E-state index >= 15 is 0 Å². The van der Waals surface area contributed by atoms with E-state index in [-0.39, 0.29) is 30.8 Å². The molecule has 8 heteroatoms. The normalized spacial score (nSPS) is 47.6. The second-order valence-corrected chi connectivity index (χ2v) is 12.3. The molecule has 0 aromatic rings. The molecule has 2 saturated heterocycles. The molecule has 40 heavy (non-hydrogen) atoms. The van der Waals surface area contributed by atoms with E-state index in [0.29, 0.717) is 36.8 Å². The third kappa shape index (κ3) is 5.30. The van der Waals surface area contributed by atoms with Gasteiger partial charge in [-0.05, 0) is 50.8 Å². The van der Waals surface area contributed by atoms with Crippen molar-refractivity contribution in [2.75, 3.05) is 13.7 Å². The molecule has 0 radical (unpaired) electrons. The Kier molecular flexibility index (Phi) is 8.32. The van der Waals surface area contributed by atoms with Crippen LogP contribution in [0.25, 0.3) is 0 Å². The number of fused-ring (bicyclic) bond motifs is 2. The fourth-order valence-corrected chi connectivity index (χ4v) is 6.94. The van der Waals surface area contributed by atoms with Crippen LogP contribution < -0.4 is 0 Å². The smallest absolute Gasteiger partial charge is 0.316 e. The highest BCUT2D eigenvalue weighted by atomic mass is 16.7. The summed E-state index contributed by atoms with van der Waals surface area (Å²) < 4.78 is 31.1. The number of allylic oxidation sites excluding steroid dienone is 2. The van der Waals surface area contributed by atoms with Gasteiger partial charge in [-0.15, -0.1) is 0 Å². The lowest BCUT2D eigenvalue weighted by molar-refractivity contribution is -0.308. The maximum atomic E-state index is 13.9. The number of methoxy groups -OCH3 is 1. The van der Waals surface area contributed by atoms with Crippen LogP contribution in [0, 0.1) is 11.8 Å². The molecule has 2 fully saturated rings. The minimum atomic E-state index is -1.66. The lowest BCUT2D eigenvalue weighted by Gasteiger charge is -2.47. The molecular formula is C32H45O8+. The van der Waals surface area contributed by atoms with Gasteiger partial charge in [0.15, 0.2) is 11.9 Å². The number of hydrogen-bond acceptors (Lipinski definition) is 7. The molecule has 0 saturated carbocycles. The van der Waals surface area contributed by atoms with Crippen molar-refractivity contribution in [2.24, 2.45) is 11.8 Å². The van der Waals surface area contributed by atoms with Gasteiger partial charge in [0.1, 0.15) is 17.6 Å². The van der Waals surface area contributed by atoms with E-state index in [0.717, 1.165) is 11.1 Å². The predicted octanol–water partition coefficient (Wildman–Crippen LogP) is 3.81. The Hall–Kier alpha value is -2.07. The van der Waals surface area contributed by atoms with Crippen LogP contribution in [0.1, 0.15) is 60.3 Å². The van der Waals surface area contributed by atoms with Crippen molar-refractivity contribution < 1.29 is 38.7 Å². The van der Waals surface area contributed by atoms with Gasteiger partial charge in [-0.3, -0.25) is 4.79 Å². The maximum Gasteiger partial charge on any atom is 0.316 e. The molecule has 3 N–H and O–H groups in total. The van der Waals surface area contributed by atoms with Gasteiger partial charge < -0.3 is 33.9 Å². The molecule has 8 nitrogen and oxygen atoms in total. The molecule has 220 valence electrons. The number of carbonyl (C=O) groups excluding carboxylic acids is 1. The summed E-state index contributed by atoms with van der Waals surface area (Å²) in [6, 6.07) is 0. The highest BCUT2D eigenvalue weighted by molar-refractivity contribution is 5.78. The molecule has 4 heterocycles. The zero-order chi connectivity index (χ0) is 28.8. The van der Waals surface area contributed by atoms with Gasteiger partial charge in [0, 0.05) is 37.9 Å². The Labute approximate surface area is 237 Å². The lowest BCUT2D eigenvalue weighted by Crippen LogP contribution is -2.58. The topological polar surface area (TPSA) is 106 Å². The van der Waals surface area contributed by atoms with E-state index in [4.69, 9.17) is 28.8 Å². The Morgan fingerprint density at radius 1 is 1.07 bits per heavy atom. The van der Waals surface area contributed by atoms with Gasteiger partial charge in [-0.2, -0.15) is 0 Å². The molecule has 0 aromatic heterocycles. The summed E-state index contributed by atoms with van der Waals surface area (Å²) in [6.45, 7) is 10.2. The van der Waals surface area contributed by atoms with Crippen molar-refractivity contribution in [1.29, 1.82) is 0 Å². The minimum Gasteiger partial charge on any atom is -0.462 e. The van der Waals surface area contributed by atoms with Crippen LogP contribution in [-0.4, -0.2) is 77.9 Å². The first-order valence-corrected chi connectivity index (χ1v) is 14.5. The lowest BCUT2D eigenvalue weighted by atomic mass is 9.71. The molecule has 2 bridgehead atoms. The molecule has 0 aromatic carbocycles. The van der Waals surface area contributed by atoms with Gasteiger partial charge in [-0.25, -0.2) is 0 Å². The minimum absolute atomic E-state index is 0.0546. The van der Waals surface area contributed by atoms with E-state index in [9.17, 15) is 9.90 Å². The van der Waals surface area contributed by atoms with Crippen LogP contribution in [0.15, 0.2) is 58.7 Å². The Morgan fingerprint density at radius 2 is 1.85 bits per heavy atom.